The van der Waals surface area contributed by atoms with E-state index in [2.05, 4.69) is 10.6 Å². The first-order chi connectivity index (χ1) is 6.80. The van der Waals surface area contributed by atoms with Crippen LogP contribution in [0.2, 0.25) is 0 Å². The zero-order valence-corrected chi connectivity index (χ0v) is 9.01. The van der Waals surface area contributed by atoms with Crippen LogP contribution >= 0.6 is 0 Å². The first-order valence-electron chi connectivity index (χ1n) is 5.47. The summed E-state index contributed by atoms with van der Waals surface area (Å²) in [6, 6.07) is 0. The molecule has 2 rings (SSSR count). The molecule has 2 heterocycles. The largest absolute Gasteiger partial charge is 0.340 e. The van der Waals surface area contributed by atoms with Crippen molar-refractivity contribution in [1.29, 1.82) is 0 Å². The Morgan fingerprint density at radius 3 is 1.79 bits per heavy atom. The van der Waals surface area contributed by atoms with Gasteiger partial charge < -0.3 is 15.5 Å². The van der Waals surface area contributed by atoms with Gasteiger partial charge in [-0.3, -0.25) is 4.79 Å². The van der Waals surface area contributed by atoms with Gasteiger partial charge in [-0.25, -0.2) is 0 Å². The summed E-state index contributed by atoms with van der Waals surface area (Å²) >= 11 is 0. The molecule has 0 aromatic carbocycles. The topological polar surface area (TPSA) is 44.4 Å². The number of nitrogens with zero attached hydrogens (tertiary/aromatic N) is 1. The van der Waals surface area contributed by atoms with Crippen molar-refractivity contribution in [3.63, 3.8) is 0 Å². The second kappa shape index (κ2) is 6.79. The third-order valence-electron chi connectivity index (χ3n) is 2.52. The van der Waals surface area contributed by atoms with Crippen LogP contribution < -0.4 is 10.6 Å². The molecule has 0 radical (unpaired) electrons. The van der Waals surface area contributed by atoms with E-state index in [1.807, 2.05) is 4.90 Å². The number of hydrogen-bond acceptors (Lipinski definition) is 3. The third-order valence-corrected chi connectivity index (χ3v) is 2.52. The van der Waals surface area contributed by atoms with Crippen molar-refractivity contribution in [3.8, 4) is 0 Å². The fraction of sp³-hybridized carbons (Fsp3) is 0.900. The maximum Gasteiger partial charge on any atom is 0.219 e. The van der Waals surface area contributed by atoms with Crippen molar-refractivity contribution < 1.29 is 4.79 Å². The number of hydrogen-bond donors (Lipinski definition) is 2. The zero-order valence-electron chi connectivity index (χ0n) is 9.01. The molecule has 0 aliphatic carbocycles. The Hall–Kier alpha value is -0.610. The molecule has 4 nitrogen and oxygen atoms in total. The lowest BCUT2D eigenvalue weighted by molar-refractivity contribution is -0.129. The molecule has 82 valence electrons. The summed E-state index contributed by atoms with van der Waals surface area (Å²) in [4.78, 5) is 12.6. The molecule has 0 spiro atoms. The Bertz CT molecular complexity index is 155. The first kappa shape index (κ1) is 11.5. The Balaban J connectivity index is 0.000000165. The van der Waals surface area contributed by atoms with Crippen LogP contribution in [-0.4, -0.2) is 50.1 Å². The van der Waals surface area contributed by atoms with E-state index < -0.39 is 0 Å². The minimum atomic E-state index is 0.191. The van der Waals surface area contributed by atoms with Gasteiger partial charge in [-0.2, -0.15) is 0 Å². The van der Waals surface area contributed by atoms with Gasteiger partial charge in [-0.1, -0.05) is 0 Å². The molecular formula is C10H21N3O. The third kappa shape index (κ3) is 4.58. The van der Waals surface area contributed by atoms with Crippen molar-refractivity contribution in [3.05, 3.63) is 0 Å². The highest BCUT2D eigenvalue weighted by molar-refractivity contribution is 5.73. The minimum Gasteiger partial charge on any atom is -0.340 e. The Morgan fingerprint density at radius 1 is 1.00 bits per heavy atom. The SMILES string of the molecule is C1CCNC1.CC(=O)N1CCNCC1. The molecule has 0 aromatic rings. The highest BCUT2D eigenvalue weighted by Crippen LogP contribution is 1.91. The molecule has 0 aromatic heterocycles. The van der Waals surface area contributed by atoms with Crippen LogP contribution in [0.3, 0.4) is 0 Å². The molecule has 2 aliphatic rings. The van der Waals surface area contributed by atoms with Gasteiger partial charge in [0.25, 0.3) is 0 Å². The van der Waals surface area contributed by atoms with Gasteiger partial charge in [-0.15, -0.1) is 0 Å². The lowest BCUT2D eigenvalue weighted by atomic mass is 10.4. The van der Waals surface area contributed by atoms with Crippen LogP contribution in [0.15, 0.2) is 0 Å². The van der Waals surface area contributed by atoms with E-state index in [-0.39, 0.29) is 5.91 Å². The summed E-state index contributed by atoms with van der Waals surface area (Å²) in [5.41, 5.74) is 0. The summed E-state index contributed by atoms with van der Waals surface area (Å²) in [5, 5.41) is 6.40. The van der Waals surface area contributed by atoms with E-state index in [4.69, 9.17) is 0 Å². The number of carbonyl (C=O) groups is 1. The van der Waals surface area contributed by atoms with Gasteiger partial charge >= 0.3 is 0 Å². The molecule has 2 saturated heterocycles. The van der Waals surface area contributed by atoms with Gasteiger partial charge in [0.15, 0.2) is 0 Å². The summed E-state index contributed by atoms with van der Waals surface area (Å²) in [7, 11) is 0. The summed E-state index contributed by atoms with van der Waals surface area (Å²) in [6.07, 6.45) is 2.78. The summed E-state index contributed by atoms with van der Waals surface area (Å²) in [6.45, 7) is 7.75. The van der Waals surface area contributed by atoms with Crippen molar-refractivity contribution in [2.24, 2.45) is 0 Å². The quantitative estimate of drug-likeness (QED) is 0.568. The van der Waals surface area contributed by atoms with Gasteiger partial charge in [0.2, 0.25) is 5.91 Å². The lowest BCUT2D eigenvalue weighted by Gasteiger charge is -2.25. The van der Waals surface area contributed by atoms with Crippen molar-refractivity contribution in [2.75, 3.05) is 39.3 Å². The maximum absolute atomic E-state index is 10.7. The average Bonchev–Trinajstić information content (AvgIpc) is 2.77. The van der Waals surface area contributed by atoms with Crippen molar-refractivity contribution in [1.82, 2.24) is 15.5 Å². The van der Waals surface area contributed by atoms with Crippen LogP contribution in [0.25, 0.3) is 0 Å². The highest BCUT2D eigenvalue weighted by atomic mass is 16.2. The van der Waals surface area contributed by atoms with E-state index >= 15 is 0 Å². The zero-order chi connectivity index (χ0) is 10.2. The molecule has 2 N–H and O–H groups in total. The molecule has 2 aliphatic heterocycles. The standard InChI is InChI=1S/C6H12N2O.C4H9N/c1-6(9)8-4-2-7-3-5-8;1-2-4-5-3-1/h7H,2-5H2,1H3;5H,1-4H2. The molecule has 1 amide bonds. The molecule has 0 bridgehead atoms. The predicted molar refractivity (Wildman–Crippen MR) is 57.2 cm³/mol. The van der Waals surface area contributed by atoms with E-state index in [9.17, 15) is 4.79 Å². The monoisotopic (exact) mass is 199 g/mol. The fourth-order valence-corrected chi connectivity index (χ4v) is 1.60. The second-order valence-corrected chi connectivity index (χ2v) is 3.71. The fourth-order valence-electron chi connectivity index (χ4n) is 1.60. The maximum atomic E-state index is 10.7. The van der Waals surface area contributed by atoms with Crippen LogP contribution in [0, 0.1) is 0 Å². The second-order valence-electron chi connectivity index (χ2n) is 3.71. The number of piperazine rings is 1. The van der Waals surface area contributed by atoms with Crippen LogP contribution in [-0.2, 0) is 4.79 Å². The normalized spacial score (nSPS) is 21.4. The Morgan fingerprint density at radius 2 is 1.50 bits per heavy atom. The summed E-state index contributed by atoms with van der Waals surface area (Å²) < 4.78 is 0. The molecule has 0 atom stereocenters. The van der Waals surface area contributed by atoms with Gasteiger partial charge in [-0.05, 0) is 25.9 Å². The van der Waals surface area contributed by atoms with Gasteiger partial charge in [0.1, 0.15) is 0 Å². The Labute approximate surface area is 86.0 Å². The van der Waals surface area contributed by atoms with E-state index in [1.54, 1.807) is 6.92 Å². The van der Waals surface area contributed by atoms with Crippen LogP contribution in [0.5, 0.6) is 0 Å². The summed E-state index contributed by atoms with van der Waals surface area (Å²) in [5.74, 6) is 0.191. The first-order valence-corrected chi connectivity index (χ1v) is 5.47. The molecule has 0 unspecified atom stereocenters. The predicted octanol–water partition coefficient (Wildman–Crippen LogP) is -0.192. The number of rotatable bonds is 0. The van der Waals surface area contributed by atoms with E-state index in [0.717, 1.165) is 26.2 Å². The van der Waals surface area contributed by atoms with Gasteiger partial charge in [0.05, 0.1) is 0 Å². The highest BCUT2D eigenvalue weighted by Gasteiger charge is 2.10. The molecule has 4 heteroatoms. The van der Waals surface area contributed by atoms with Crippen LogP contribution in [0.1, 0.15) is 19.8 Å². The minimum absolute atomic E-state index is 0.191. The molecule has 0 saturated carbocycles. The number of amides is 1. The number of carbonyl (C=O) groups excluding carboxylic acids is 1. The van der Waals surface area contributed by atoms with Gasteiger partial charge in [0, 0.05) is 33.1 Å². The average molecular weight is 199 g/mol. The lowest BCUT2D eigenvalue weighted by Crippen LogP contribution is -2.45. The van der Waals surface area contributed by atoms with E-state index in [1.165, 1.54) is 25.9 Å². The van der Waals surface area contributed by atoms with E-state index in [0.29, 0.717) is 0 Å². The molecular weight excluding hydrogens is 178 g/mol. The van der Waals surface area contributed by atoms with Crippen molar-refractivity contribution in [2.45, 2.75) is 19.8 Å². The van der Waals surface area contributed by atoms with Crippen LogP contribution in [0.4, 0.5) is 0 Å². The molecule has 14 heavy (non-hydrogen) atoms. The molecule has 2 fully saturated rings. The Kier molecular flexibility index (Phi) is 5.56. The van der Waals surface area contributed by atoms with Crippen molar-refractivity contribution >= 4 is 5.91 Å². The number of nitrogens with one attached hydrogen (secondary N) is 2. The smallest absolute Gasteiger partial charge is 0.219 e.